The van der Waals surface area contributed by atoms with Gasteiger partial charge in [0.2, 0.25) is 0 Å². The number of hydrogen-bond acceptors (Lipinski definition) is 5. The van der Waals surface area contributed by atoms with Gasteiger partial charge in [-0.05, 0) is 30.3 Å². The van der Waals surface area contributed by atoms with Gasteiger partial charge in [-0.25, -0.2) is 0 Å². The molecule has 5 nitrogen and oxygen atoms in total. The average Bonchev–Trinajstić information content (AvgIpc) is 2.56. The number of halogens is 1. The minimum absolute atomic E-state index is 0.0863. The van der Waals surface area contributed by atoms with Gasteiger partial charge in [-0.15, -0.1) is 0 Å². The lowest BCUT2D eigenvalue weighted by molar-refractivity contribution is 0.373. The molecule has 2 aromatic rings. The summed E-state index contributed by atoms with van der Waals surface area (Å²) in [7, 11) is 3.12. The quantitative estimate of drug-likeness (QED) is 0.600. The van der Waals surface area contributed by atoms with Crippen molar-refractivity contribution < 1.29 is 14.6 Å². The van der Waals surface area contributed by atoms with Crippen molar-refractivity contribution in [2.75, 3.05) is 32.6 Å². The second-order valence-electron chi connectivity index (χ2n) is 4.70. The van der Waals surface area contributed by atoms with Crippen LogP contribution in [0.3, 0.4) is 0 Å². The van der Waals surface area contributed by atoms with Crippen LogP contribution in [0.4, 0.5) is 5.69 Å². The molecule has 0 spiro atoms. The van der Waals surface area contributed by atoms with Gasteiger partial charge >= 0.3 is 0 Å². The average molecular weight is 335 g/mol. The van der Waals surface area contributed by atoms with Crippen molar-refractivity contribution in [3.05, 3.63) is 47.0 Å². The van der Waals surface area contributed by atoms with Crippen LogP contribution >= 0.6 is 11.6 Å². The van der Waals surface area contributed by atoms with Crippen LogP contribution in [-0.4, -0.2) is 38.6 Å². The number of methoxy groups -OCH3 is 2. The molecule has 0 saturated carbocycles. The molecule has 0 radical (unpaired) electrons. The molecule has 2 N–H and O–H groups in total. The first-order valence-corrected chi connectivity index (χ1v) is 7.46. The first kappa shape index (κ1) is 17.0. The van der Waals surface area contributed by atoms with Crippen molar-refractivity contribution in [1.29, 1.82) is 0 Å². The molecule has 0 aliphatic carbocycles. The molecule has 23 heavy (non-hydrogen) atoms. The van der Waals surface area contributed by atoms with Gasteiger partial charge in [0.05, 0.1) is 26.5 Å². The van der Waals surface area contributed by atoms with Crippen LogP contribution in [0.2, 0.25) is 5.02 Å². The Labute approximate surface area is 140 Å². The van der Waals surface area contributed by atoms with Crippen molar-refractivity contribution in [3.8, 4) is 17.2 Å². The Hall–Kier alpha value is -2.40. The Morgan fingerprint density at radius 1 is 1.17 bits per heavy atom. The van der Waals surface area contributed by atoms with Gasteiger partial charge in [-0.3, -0.25) is 4.99 Å². The molecule has 0 aromatic heterocycles. The fourth-order valence-corrected chi connectivity index (χ4v) is 2.22. The van der Waals surface area contributed by atoms with Gasteiger partial charge in [-0.2, -0.15) is 0 Å². The van der Waals surface area contributed by atoms with Gasteiger partial charge in [-0.1, -0.05) is 17.7 Å². The summed E-state index contributed by atoms with van der Waals surface area (Å²) < 4.78 is 10.3. The SMILES string of the molecule is COc1ccc(Cl)cc1NCCN=Cc1cccc(OC)c1O. The van der Waals surface area contributed by atoms with Crippen LogP contribution in [0.1, 0.15) is 5.56 Å². The number of phenolic OH excluding ortho intramolecular Hbond substituents is 1. The highest BCUT2D eigenvalue weighted by Crippen LogP contribution is 2.28. The fraction of sp³-hybridized carbons (Fsp3) is 0.235. The van der Waals surface area contributed by atoms with E-state index in [9.17, 15) is 5.11 Å². The van der Waals surface area contributed by atoms with E-state index in [1.54, 1.807) is 43.7 Å². The zero-order valence-corrected chi connectivity index (χ0v) is 13.8. The van der Waals surface area contributed by atoms with Crippen LogP contribution in [0.5, 0.6) is 17.2 Å². The van der Waals surface area contributed by atoms with E-state index < -0.39 is 0 Å². The van der Waals surface area contributed by atoms with Gasteiger partial charge in [0.25, 0.3) is 0 Å². The second-order valence-corrected chi connectivity index (χ2v) is 5.14. The third-order valence-corrected chi connectivity index (χ3v) is 3.43. The topological polar surface area (TPSA) is 63.1 Å². The summed E-state index contributed by atoms with van der Waals surface area (Å²) >= 11 is 5.98. The van der Waals surface area contributed by atoms with E-state index in [0.29, 0.717) is 29.4 Å². The molecule has 0 aliphatic heterocycles. The third kappa shape index (κ3) is 4.53. The summed E-state index contributed by atoms with van der Waals surface area (Å²) in [6.45, 7) is 1.14. The normalized spacial score (nSPS) is 10.7. The van der Waals surface area contributed by atoms with Crippen LogP contribution in [0, 0.1) is 0 Å². The molecule has 2 aromatic carbocycles. The summed E-state index contributed by atoms with van der Waals surface area (Å²) in [5.74, 6) is 1.24. The number of para-hydroxylation sites is 1. The predicted molar refractivity (Wildman–Crippen MR) is 93.6 cm³/mol. The first-order chi connectivity index (χ1) is 11.2. The minimum atomic E-state index is 0.0863. The number of aliphatic imine (C=N–C) groups is 1. The van der Waals surface area contributed by atoms with Gasteiger partial charge in [0.1, 0.15) is 5.75 Å². The predicted octanol–water partition coefficient (Wildman–Crippen LogP) is 3.59. The van der Waals surface area contributed by atoms with E-state index in [-0.39, 0.29) is 5.75 Å². The Morgan fingerprint density at radius 2 is 1.96 bits per heavy atom. The molecule has 0 amide bonds. The number of phenols is 1. The number of ether oxygens (including phenoxy) is 2. The molecule has 0 fully saturated rings. The molecular formula is C17H19ClN2O3. The maximum absolute atomic E-state index is 9.96. The molecule has 6 heteroatoms. The van der Waals surface area contributed by atoms with Gasteiger partial charge in [0, 0.05) is 23.3 Å². The Morgan fingerprint density at radius 3 is 2.70 bits per heavy atom. The van der Waals surface area contributed by atoms with Crippen molar-refractivity contribution in [2.24, 2.45) is 4.99 Å². The Bertz CT molecular complexity index is 690. The molecule has 0 heterocycles. The van der Waals surface area contributed by atoms with Crippen LogP contribution in [-0.2, 0) is 0 Å². The molecule has 0 atom stereocenters. The highest BCUT2D eigenvalue weighted by molar-refractivity contribution is 6.30. The third-order valence-electron chi connectivity index (χ3n) is 3.20. The molecule has 122 valence electrons. The number of hydrogen-bond donors (Lipinski definition) is 2. The van der Waals surface area contributed by atoms with E-state index in [0.717, 1.165) is 11.4 Å². The monoisotopic (exact) mass is 334 g/mol. The highest BCUT2D eigenvalue weighted by Gasteiger charge is 2.05. The van der Waals surface area contributed by atoms with E-state index in [1.807, 2.05) is 6.07 Å². The van der Waals surface area contributed by atoms with Gasteiger partial charge in [0.15, 0.2) is 11.5 Å². The van der Waals surface area contributed by atoms with Crippen LogP contribution in [0.25, 0.3) is 0 Å². The number of rotatable bonds is 7. The smallest absolute Gasteiger partial charge is 0.166 e. The lowest BCUT2D eigenvalue weighted by atomic mass is 10.2. The van der Waals surface area contributed by atoms with Crippen molar-refractivity contribution in [3.63, 3.8) is 0 Å². The van der Waals surface area contributed by atoms with E-state index in [4.69, 9.17) is 21.1 Å². The minimum Gasteiger partial charge on any atom is -0.504 e. The zero-order valence-electron chi connectivity index (χ0n) is 13.0. The molecule has 0 bridgehead atoms. The van der Waals surface area contributed by atoms with Crippen molar-refractivity contribution in [2.45, 2.75) is 0 Å². The fourth-order valence-electron chi connectivity index (χ4n) is 2.04. The van der Waals surface area contributed by atoms with Crippen molar-refractivity contribution >= 4 is 23.5 Å². The number of benzene rings is 2. The number of nitrogens with zero attached hydrogens (tertiary/aromatic N) is 1. The molecule has 0 aliphatic rings. The Kier molecular flexibility index (Phi) is 6.11. The standard InChI is InChI=1S/C17H19ClN2O3/c1-22-15-7-6-13(18)10-14(15)20-9-8-19-11-12-4-3-5-16(23-2)17(12)21/h3-7,10-11,20-21H,8-9H2,1-2H3. The lowest BCUT2D eigenvalue weighted by Crippen LogP contribution is -2.06. The maximum atomic E-state index is 9.96. The largest absolute Gasteiger partial charge is 0.504 e. The molecule has 2 rings (SSSR count). The van der Waals surface area contributed by atoms with E-state index >= 15 is 0 Å². The zero-order chi connectivity index (χ0) is 16.7. The summed E-state index contributed by atoms with van der Waals surface area (Å²) in [5, 5.41) is 13.8. The number of anilines is 1. The van der Waals surface area contributed by atoms with Crippen molar-refractivity contribution in [1.82, 2.24) is 0 Å². The van der Waals surface area contributed by atoms with E-state index in [2.05, 4.69) is 10.3 Å². The van der Waals surface area contributed by atoms with Gasteiger partial charge < -0.3 is 19.9 Å². The Balaban J connectivity index is 1.92. The highest BCUT2D eigenvalue weighted by atomic mass is 35.5. The maximum Gasteiger partial charge on any atom is 0.166 e. The summed E-state index contributed by atoms with van der Waals surface area (Å²) in [6.07, 6.45) is 1.62. The summed E-state index contributed by atoms with van der Waals surface area (Å²) in [5.41, 5.74) is 1.43. The van der Waals surface area contributed by atoms with Crippen LogP contribution in [0.15, 0.2) is 41.4 Å². The lowest BCUT2D eigenvalue weighted by Gasteiger charge is -2.10. The van der Waals surface area contributed by atoms with Crippen LogP contribution < -0.4 is 14.8 Å². The molecule has 0 unspecified atom stereocenters. The second kappa shape index (κ2) is 8.29. The molecular weight excluding hydrogens is 316 g/mol. The van der Waals surface area contributed by atoms with E-state index in [1.165, 1.54) is 7.11 Å². The summed E-state index contributed by atoms with van der Waals surface area (Å²) in [4.78, 5) is 4.29. The number of aromatic hydroxyl groups is 1. The summed E-state index contributed by atoms with van der Waals surface area (Å²) in [6, 6.07) is 10.7. The number of nitrogens with one attached hydrogen (secondary N) is 1. The molecule has 0 saturated heterocycles. The first-order valence-electron chi connectivity index (χ1n) is 7.09.